The molecule has 122 valence electrons. The van der Waals surface area contributed by atoms with Crippen molar-refractivity contribution in [2.24, 2.45) is 5.92 Å². The van der Waals surface area contributed by atoms with Crippen molar-refractivity contribution in [2.75, 3.05) is 5.32 Å². The second kappa shape index (κ2) is 7.23. The summed E-state index contributed by atoms with van der Waals surface area (Å²) in [6.45, 7) is 3.22. The number of anilines is 1. The van der Waals surface area contributed by atoms with E-state index in [1.54, 1.807) is 19.9 Å². The van der Waals surface area contributed by atoms with Crippen molar-refractivity contribution in [3.63, 3.8) is 0 Å². The molecule has 1 aromatic rings. The van der Waals surface area contributed by atoms with Crippen LogP contribution in [-0.4, -0.2) is 22.3 Å². The highest BCUT2D eigenvalue weighted by atomic mass is 16.2. The third-order valence-corrected chi connectivity index (χ3v) is 3.94. The number of rotatable bonds is 4. The zero-order chi connectivity index (χ0) is 16.9. The minimum absolute atomic E-state index is 0.000358. The first-order chi connectivity index (χ1) is 10.9. The van der Waals surface area contributed by atoms with E-state index in [4.69, 9.17) is 5.26 Å². The van der Waals surface area contributed by atoms with Crippen LogP contribution in [0.15, 0.2) is 18.3 Å². The van der Waals surface area contributed by atoms with Crippen LogP contribution < -0.4 is 10.6 Å². The van der Waals surface area contributed by atoms with Crippen LogP contribution in [0.25, 0.3) is 0 Å². The first-order valence-electron chi connectivity index (χ1n) is 7.92. The van der Waals surface area contributed by atoms with E-state index in [1.165, 1.54) is 18.7 Å². The van der Waals surface area contributed by atoms with Crippen LogP contribution in [0.3, 0.4) is 0 Å². The maximum Gasteiger partial charge on any atom is 0.271 e. The molecule has 1 fully saturated rings. The SMILES string of the molecule is CC(C)(C#N)NC(=O)c1cc(NC(=O)C2CCCCC2)ccn1. The lowest BCUT2D eigenvalue weighted by molar-refractivity contribution is -0.120. The molecule has 1 aliphatic rings. The number of amides is 2. The average Bonchev–Trinajstić information content (AvgIpc) is 2.55. The van der Waals surface area contributed by atoms with Crippen LogP contribution >= 0.6 is 0 Å². The zero-order valence-electron chi connectivity index (χ0n) is 13.6. The maximum atomic E-state index is 12.2. The van der Waals surface area contributed by atoms with Gasteiger partial charge < -0.3 is 10.6 Å². The van der Waals surface area contributed by atoms with Crippen LogP contribution in [0, 0.1) is 17.2 Å². The number of carbonyl (C=O) groups excluding carboxylic acids is 2. The van der Waals surface area contributed by atoms with E-state index in [0.29, 0.717) is 5.69 Å². The summed E-state index contributed by atoms with van der Waals surface area (Å²) < 4.78 is 0. The lowest BCUT2D eigenvalue weighted by Gasteiger charge is -2.21. The Bertz CT molecular complexity index is 628. The van der Waals surface area contributed by atoms with Gasteiger partial charge >= 0.3 is 0 Å². The van der Waals surface area contributed by atoms with Crippen molar-refractivity contribution in [1.82, 2.24) is 10.3 Å². The van der Waals surface area contributed by atoms with E-state index in [9.17, 15) is 9.59 Å². The monoisotopic (exact) mass is 314 g/mol. The molecule has 2 rings (SSSR count). The molecule has 0 atom stereocenters. The lowest BCUT2D eigenvalue weighted by Crippen LogP contribution is -2.42. The fourth-order valence-corrected chi connectivity index (χ4v) is 2.62. The Labute approximate surface area is 136 Å². The van der Waals surface area contributed by atoms with Crippen molar-refractivity contribution < 1.29 is 9.59 Å². The first kappa shape index (κ1) is 16.9. The second-order valence-corrected chi connectivity index (χ2v) is 6.44. The van der Waals surface area contributed by atoms with Gasteiger partial charge in [0.25, 0.3) is 5.91 Å². The second-order valence-electron chi connectivity index (χ2n) is 6.44. The molecular weight excluding hydrogens is 292 g/mol. The Morgan fingerprint density at radius 1 is 1.30 bits per heavy atom. The Hall–Kier alpha value is -2.42. The molecule has 0 aliphatic heterocycles. The zero-order valence-corrected chi connectivity index (χ0v) is 13.6. The van der Waals surface area contributed by atoms with E-state index >= 15 is 0 Å². The first-order valence-corrected chi connectivity index (χ1v) is 7.92. The van der Waals surface area contributed by atoms with Gasteiger partial charge in [-0.15, -0.1) is 0 Å². The van der Waals surface area contributed by atoms with Gasteiger partial charge in [-0.1, -0.05) is 19.3 Å². The van der Waals surface area contributed by atoms with Gasteiger partial charge in [-0.2, -0.15) is 5.26 Å². The van der Waals surface area contributed by atoms with Crippen LogP contribution in [0.1, 0.15) is 56.4 Å². The van der Waals surface area contributed by atoms with Gasteiger partial charge in [0.1, 0.15) is 11.2 Å². The van der Waals surface area contributed by atoms with Gasteiger partial charge in [-0.25, -0.2) is 0 Å². The molecule has 6 heteroatoms. The van der Waals surface area contributed by atoms with E-state index in [0.717, 1.165) is 25.7 Å². The Morgan fingerprint density at radius 2 is 2.00 bits per heavy atom. The largest absolute Gasteiger partial charge is 0.333 e. The maximum absolute atomic E-state index is 12.2. The molecule has 0 radical (unpaired) electrons. The van der Waals surface area contributed by atoms with Crippen molar-refractivity contribution in [3.05, 3.63) is 24.0 Å². The summed E-state index contributed by atoms with van der Waals surface area (Å²) in [6, 6.07) is 5.19. The molecule has 2 amide bonds. The molecule has 0 saturated heterocycles. The molecule has 0 bridgehead atoms. The van der Waals surface area contributed by atoms with Gasteiger partial charge in [0.2, 0.25) is 5.91 Å². The number of carbonyl (C=O) groups is 2. The molecule has 1 saturated carbocycles. The molecule has 6 nitrogen and oxygen atoms in total. The predicted octanol–water partition coefficient (Wildman–Crippen LogP) is 2.63. The molecule has 2 N–H and O–H groups in total. The van der Waals surface area contributed by atoms with E-state index in [-0.39, 0.29) is 17.5 Å². The van der Waals surface area contributed by atoms with Gasteiger partial charge in [-0.05, 0) is 38.8 Å². The normalized spacial score (nSPS) is 15.5. The minimum Gasteiger partial charge on any atom is -0.333 e. The molecule has 1 heterocycles. The van der Waals surface area contributed by atoms with Crippen LogP contribution in [-0.2, 0) is 4.79 Å². The summed E-state index contributed by atoms with van der Waals surface area (Å²) in [7, 11) is 0. The van der Waals surface area contributed by atoms with Crippen LogP contribution in [0.5, 0.6) is 0 Å². The third kappa shape index (κ3) is 4.78. The summed E-state index contributed by atoms with van der Waals surface area (Å²) in [5.41, 5.74) is -0.245. The number of nitriles is 1. The number of aromatic nitrogens is 1. The fraction of sp³-hybridized carbons (Fsp3) is 0.529. The fourth-order valence-electron chi connectivity index (χ4n) is 2.62. The molecule has 23 heavy (non-hydrogen) atoms. The van der Waals surface area contributed by atoms with Gasteiger partial charge in [0, 0.05) is 17.8 Å². The van der Waals surface area contributed by atoms with E-state index in [2.05, 4.69) is 15.6 Å². The molecule has 0 aromatic carbocycles. The summed E-state index contributed by atoms with van der Waals surface area (Å²) >= 11 is 0. The highest BCUT2D eigenvalue weighted by Gasteiger charge is 2.23. The van der Waals surface area contributed by atoms with Crippen molar-refractivity contribution in [1.29, 1.82) is 5.26 Å². The highest BCUT2D eigenvalue weighted by Crippen LogP contribution is 2.25. The van der Waals surface area contributed by atoms with E-state index in [1.807, 2.05) is 6.07 Å². The van der Waals surface area contributed by atoms with Crippen LogP contribution in [0.4, 0.5) is 5.69 Å². The Kier molecular flexibility index (Phi) is 5.32. The molecule has 1 aliphatic carbocycles. The Balaban J connectivity index is 2.03. The topological polar surface area (TPSA) is 94.9 Å². The summed E-state index contributed by atoms with van der Waals surface area (Å²) in [5.74, 6) is -0.392. The number of nitrogens with zero attached hydrogens (tertiary/aromatic N) is 2. The molecule has 1 aromatic heterocycles. The van der Waals surface area contributed by atoms with Crippen LogP contribution in [0.2, 0.25) is 0 Å². The minimum atomic E-state index is -0.972. The summed E-state index contributed by atoms with van der Waals surface area (Å²) in [5, 5.41) is 14.4. The smallest absolute Gasteiger partial charge is 0.271 e. The molecular formula is C17H22N4O2. The van der Waals surface area contributed by atoms with Crippen molar-refractivity contribution in [2.45, 2.75) is 51.5 Å². The molecule has 0 spiro atoms. The van der Waals surface area contributed by atoms with Gasteiger partial charge in [0.05, 0.1) is 6.07 Å². The highest BCUT2D eigenvalue weighted by molar-refractivity contribution is 5.96. The number of nitrogens with one attached hydrogen (secondary N) is 2. The van der Waals surface area contributed by atoms with Gasteiger partial charge in [-0.3, -0.25) is 14.6 Å². The number of hydrogen-bond donors (Lipinski definition) is 2. The standard InChI is InChI=1S/C17H22N4O2/c1-17(2,11-18)21-16(23)14-10-13(8-9-19-14)20-15(22)12-6-4-3-5-7-12/h8-10,12H,3-7H2,1-2H3,(H,21,23)(H,19,20,22). The summed E-state index contributed by atoms with van der Waals surface area (Å²) in [6.07, 6.45) is 6.68. The lowest BCUT2D eigenvalue weighted by atomic mass is 9.88. The van der Waals surface area contributed by atoms with Gasteiger partial charge in [0.15, 0.2) is 0 Å². The summed E-state index contributed by atoms with van der Waals surface area (Å²) in [4.78, 5) is 28.4. The van der Waals surface area contributed by atoms with Crippen molar-refractivity contribution in [3.8, 4) is 6.07 Å². The number of pyridine rings is 1. The average molecular weight is 314 g/mol. The Morgan fingerprint density at radius 3 is 2.65 bits per heavy atom. The molecule has 0 unspecified atom stereocenters. The third-order valence-electron chi connectivity index (χ3n) is 3.94. The van der Waals surface area contributed by atoms with E-state index < -0.39 is 11.4 Å². The van der Waals surface area contributed by atoms with Crippen molar-refractivity contribution >= 4 is 17.5 Å². The number of hydrogen-bond acceptors (Lipinski definition) is 4. The predicted molar refractivity (Wildman–Crippen MR) is 86.6 cm³/mol. The quantitative estimate of drug-likeness (QED) is 0.893.